The monoisotopic (exact) mass is 330 g/mol. The molecule has 1 saturated heterocycles. The standard InChI is InChI=1S/C13H22N4O4S/c1-10(2)6-16(11-4-5-22(19,20)8-11)9-17-7-12(14-15-17)13(18)21-3/h7,10-11H,4-6,8-9H2,1-3H3. The van der Waals surface area contributed by atoms with E-state index >= 15 is 0 Å². The number of nitrogens with zero attached hydrogens (tertiary/aromatic N) is 4. The maximum atomic E-state index is 11.7. The molecule has 0 aliphatic carbocycles. The third-order valence-electron chi connectivity index (χ3n) is 3.58. The van der Waals surface area contributed by atoms with Crippen molar-refractivity contribution in [2.75, 3.05) is 25.2 Å². The van der Waals surface area contributed by atoms with Gasteiger partial charge in [0.15, 0.2) is 15.5 Å². The van der Waals surface area contributed by atoms with Gasteiger partial charge >= 0.3 is 5.97 Å². The van der Waals surface area contributed by atoms with Gasteiger partial charge in [0.25, 0.3) is 0 Å². The molecular weight excluding hydrogens is 308 g/mol. The zero-order valence-electron chi connectivity index (χ0n) is 13.1. The average molecular weight is 330 g/mol. The van der Waals surface area contributed by atoms with Crippen LogP contribution in [0.3, 0.4) is 0 Å². The summed E-state index contributed by atoms with van der Waals surface area (Å²) in [5, 5.41) is 7.68. The van der Waals surface area contributed by atoms with Gasteiger partial charge in [-0.2, -0.15) is 0 Å². The van der Waals surface area contributed by atoms with Crippen molar-refractivity contribution in [1.82, 2.24) is 19.9 Å². The molecule has 124 valence electrons. The van der Waals surface area contributed by atoms with E-state index in [0.717, 1.165) is 6.54 Å². The molecule has 0 spiro atoms. The molecule has 1 aliphatic rings. The van der Waals surface area contributed by atoms with Gasteiger partial charge in [-0.15, -0.1) is 5.10 Å². The van der Waals surface area contributed by atoms with Crippen LogP contribution in [0.15, 0.2) is 6.20 Å². The van der Waals surface area contributed by atoms with Crippen LogP contribution in [0.2, 0.25) is 0 Å². The lowest BCUT2D eigenvalue weighted by Gasteiger charge is -2.29. The summed E-state index contributed by atoms with van der Waals surface area (Å²) >= 11 is 0. The van der Waals surface area contributed by atoms with Crippen LogP contribution >= 0.6 is 0 Å². The van der Waals surface area contributed by atoms with Crippen LogP contribution in [0.5, 0.6) is 0 Å². The van der Waals surface area contributed by atoms with Gasteiger partial charge in [0, 0.05) is 12.6 Å². The van der Waals surface area contributed by atoms with Gasteiger partial charge in [-0.25, -0.2) is 17.9 Å². The zero-order valence-corrected chi connectivity index (χ0v) is 13.9. The van der Waals surface area contributed by atoms with Crippen LogP contribution in [0.25, 0.3) is 0 Å². The molecule has 1 fully saturated rings. The van der Waals surface area contributed by atoms with Crippen LogP contribution in [0.4, 0.5) is 0 Å². The summed E-state index contributed by atoms with van der Waals surface area (Å²) in [5.41, 5.74) is 0.144. The van der Waals surface area contributed by atoms with E-state index in [9.17, 15) is 13.2 Å². The van der Waals surface area contributed by atoms with Crippen molar-refractivity contribution < 1.29 is 17.9 Å². The molecule has 9 heteroatoms. The fraction of sp³-hybridized carbons (Fsp3) is 0.769. The molecule has 22 heavy (non-hydrogen) atoms. The Balaban J connectivity index is 2.10. The van der Waals surface area contributed by atoms with Crippen molar-refractivity contribution >= 4 is 15.8 Å². The number of carbonyl (C=O) groups is 1. The first kappa shape index (κ1) is 16.9. The van der Waals surface area contributed by atoms with Gasteiger partial charge in [0.2, 0.25) is 0 Å². The normalized spacial score (nSPS) is 20.7. The Hall–Kier alpha value is -1.48. The summed E-state index contributed by atoms with van der Waals surface area (Å²) in [6.07, 6.45) is 2.15. The molecule has 0 bridgehead atoms. The van der Waals surface area contributed by atoms with E-state index in [1.807, 2.05) is 0 Å². The Bertz CT molecular complexity index is 626. The fourth-order valence-electron chi connectivity index (χ4n) is 2.61. The highest BCUT2D eigenvalue weighted by atomic mass is 32.2. The fourth-order valence-corrected chi connectivity index (χ4v) is 4.37. The largest absolute Gasteiger partial charge is 0.464 e. The Morgan fingerprint density at radius 3 is 2.82 bits per heavy atom. The Morgan fingerprint density at radius 2 is 2.27 bits per heavy atom. The number of esters is 1. The van der Waals surface area contributed by atoms with Crippen molar-refractivity contribution in [3.8, 4) is 0 Å². The molecule has 0 saturated carbocycles. The van der Waals surface area contributed by atoms with Crippen LogP contribution in [0, 0.1) is 5.92 Å². The van der Waals surface area contributed by atoms with Crippen LogP contribution in [0.1, 0.15) is 30.8 Å². The summed E-state index contributed by atoms with van der Waals surface area (Å²) < 4.78 is 29.5. The first-order chi connectivity index (χ1) is 10.3. The Labute approximate surface area is 130 Å². The first-order valence-electron chi connectivity index (χ1n) is 7.23. The number of aromatic nitrogens is 3. The average Bonchev–Trinajstić information content (AvgIpc) is 3.03. The molecule has 0 amide bonds. The lowest BCUT2D eigenvalue weighted by atomic mass is 10.1. The molecule has 0 aromatic carbocycles. The lowest BCUT2D eigenvalue weighted by molar-refractivity contribution is 0.0593. The molecule has 8 nitrogen and oxygen atoms in total. The summed E-state index contributed by atoms with van der Waals surface area (Å²) in [7, 11) is -1.65. The number of methoxy groups -OCH3 is 1. The van der Waals surface area contributed by atoms with Crippen molar-refractivity contribution in [2.45, 2.75) is 33.0 Å². The molecule has 1 unspecified atom stereocenters. The van der Waals surface area contributed by atoms with Crippen molar-refractivity contribution in [2.24, 2.45) is 5.92 Å². The predicted molar refractivity (Wildman–Crippen MR) is 80.0 cm³/mol. The van der Waals surface area contributed by atoms with E-state index in [4.69, 9.17) is 0 Å². The van der Waals surface area contributed by atoms with E-state index in [2.05, 4.69) is 33.8 Å². The van der Waals surface area contributed by atoms with Gasteiger partial charge in [0.1, 0.15) is 0 Å². The summed E-state index contributed by atoms with van der Waals surface area (Å²) in [6.45, 7) is 5.32. The molecule has 1 aromatic heterocycles. The summed E-state index contributed by atoms with van der Waals surface area (Å²) in [5.74, 6) is 0.270. The molecule has 1 atom stereocenters. The Kier molecular flexibility index (Phi) is 5.17. The number of sulfone groups is 1. The van der Waals surface area contributed by atoms with Crippen molar-refractivity contribution in [3.63, 3.8) is 0 Å². The topological polar surface area (TPSA) is 94.4 Å². The number of carbonyl (C=O) groups excluding carboxylic acids is 1. The lowest BCUT2D eigenvalue weighted by Crippen LogP contribution is -2.40. The second kappa shape index (κ2) is 6.74. The number of hydrogen-bond donors (Lipinski definition) is 0. The maximum absolute atomic E-state index is 11.7. The van der Waals surface area contributed by atoms with Gasteiger partial charge in [-0.1, -0.05) is 19.1 Å². The van der Waals surface area contributed by atoms with E-state index in [-0.39, 0.29) is 23.2 Å². The second-order valence-corrected chi connectivity index (χ2v) is 8.23. The highest BCUT2D eigenvalue weighted by molar-refractivity contribution is 7.91. The summed E-state index contributed by atoms with van der Waals surface area (Å²) in [4.78, 5) is 13.5. The third-order valence-corrected chi connectivity index (χ3v) is 5.33. The zero-order chi connectivity index (χ0) is 16.3. The van der Waals surface area contributed by atoms with Crippen molar-refractivity contribution in [3.05, 3.63) is 11.9 Å². The minimum atomic E-state index is -2.94. The van der Waals surface area contributed by atoms with Crippen LogP contribution in [-0.4, -0.2) is 65.5 Å². The highest BCUT2D eigenvalue weighted by Crippen LogP contribution is 2.19. The number of ether oxygens (including phenoxy) is 1. The molecule has 2 rings (SSSR count). The summed E-state index contributed by atoms with van der Waals surface area (Å²) in [6, 6.07) is -0.0156. The molecule has 2 heterocycles. The SMILES string of the molecule is COC(=O)c1cn(CN(CC(C)C)C2CCS(=O)(=O)C2)nn1. The highest BCUT2D eigenvalue weighted by Gasteiger charge is 2.32. The minimum absolute atomic E-state index is 0.0156. The smallest absolute Gasteiger partial charge is 0.360 e. The van der Waals surface area contributed by atoms with E-state index in [0.29, 0.717) is 19.0 Å². The van der Waals surface area contributed by atoms with E-state index < -0.39 is 15.8 Å². The predicted octanol–water partition coefficient (Wildman–Crippen LogP) is 0.167. The number of hydrogen-bond acceptors (Lipinski definition) is 7. The maximum Gasteiger partial charge on any atom is 0.360 e. The van der Waals surface area contributed by atoms with Gasteiger partial charge in [-0.3, -0.25) is 4.90 Å². The third kappa shape index (κ3) is 4.26. The minimum Gasteiger partial charge on any atom is -0.464 e. The van der Waals surface area contributed by atoms with Crippen molar-refractivity contribution in [1.29, 1.82) is 0 Å². The quantitative estimate of drug-likeness (QED) is 0.686. The molecule has 1 aliphatic heterocycles. The van der Waals surface area contributed by atoms with Crippen LogP contribution in [-0.2, 0) is 21.2 Å². The van der Waals surface area contributed by atoms with Crippen LogP contribution < -0.4 is 0 Å². The first-order valence-corrected chi connectivity index (χ1v) is 9.06. The number of rotatable bonds is 6. The second-order valence-electron chi connectivity index (χ2n) is 6.00. The van der Waals surface area contributed by atoms with Gasteiger partial charge < -0.3 is 4.74 Å². The van der Waals surface area contributed by atoms with E-state index in [1.54, 1.807) is 4.68 Å². The molecule has 1 aromatic rings. The molecular formula is C13H22N4O4S. The van der Waals surface area contributed by atoms with Gasteiger partial charge in [0.05, 0.1) is 31.5 Å². The Morgan fingerprint density at radius 1 is 1.55 bits per heavy atom. The van der Waals surface area contributed by atoms with E-state index in [1.165, 1.54) is 13.3 Å². The molecule has 0 radical (unpaired) electrons. The molecule has 0 N–H and O–H groups in total. The van der Waals surface area contributed by atoms with Gasteiger partial charge in [-0.05, 0) is 12.3 Å².